The van der Waals surface area contributed by atoms with Crippen LogP contribution in [0.25, 0.3) is 0 Å². The van der Waals surface area contributed by atoms with E-state index in [1.807, 2.05) is 0 Å². The summed E-state index contributed by atoms with van der Waals surface area (Å²) in [5, 5.41) is 12.7. The van der Waals surface area contributed by atoms with Gasteiger partial charge in [0, 0.05) is 5.02 Å². The number of amides is 1. The van der Waals surface area contributed by atoms with E-state index in [9.17, 15) is 4.79 Å². The molecular formula is C12H13Cl2NO3. The van der Waals surface area contributed by atoms with Crippen LogP contribution in [0.3, 0.4) is 0 Å². The molecule has 0 radical (unpaired) electrons. The Bertz CT molecular complexity index is 461. The average molecular weight is 290 g/mol. The maximum atomic E-state index is 11.6. The number of hydrogen-bond donors (Lipinski definition) is 2. The second-order valence-electron chi connectivity index (χ2n) is 4.35. The van der Waals surface area contributed by atoms with E-state index in [1.54, 1.807) is 18.2 Å². The molecule has 0 bridgehead atoms. The molecule has 1 aliphatic carbocycles. The Hall–Kier alpha value is -0.970. The Kier molecular flexibility index (Phi) is 4.00. The molecule has 0 saturated heterocycles. The van der Waals surface area contributed by atoms with Gasteiger partial charge in [0.15, 0.2) is 6.61 Å². The molecule has 1 aromatic rings. The van der Waals surface area contributed by atoms with E-state index < -0.39 is 5.54 Å². The van der Waals surface area contributed by atoms with Gasteiger partial charge in [-0.15, -0.1) is 0 Å². The zero-order valence-corrected chi connectivity index (χ0v) is 11.1. The number of carbonyl (C=O) groups is 1. The molecule has 0 aromatic heterocycles. The molecule has 1 aliphatic rings. The van der Waals surface area contributed by atoms with Crippen LogP contribution in [0, 0.1) is 0 Å². The molecular weight excluding hydrogens is 277 g/mol. The zero-order valence-electron chi connectivity index (χ0n) is 9.58. The van der Waals surface area contributed by atoms with Gasteiger partial charge in [-0.05, 0) is 31.0 Å². The second-order valence-corrected chi connectivity index (χ2v) is 5.19. The van der Waals surface area contributed by atoms with Crippen LogP contribution in [0.15, 0.2) is 18.2 Å². The quantitative estimate of drug-likeness (QED) is 0.872. The Labute approximate surface area is 115 Å². The van der Waals surface area contributed by atoms with Gasteiger partial charge in [-0.2, -0.15) is 0 Å². The van der Waals surface area contributed by atoms with Crippen LogP contribution in [-0.4, -0.2) is 29.8 Å². The van der Waals surface area contributed by atoms with Crippen molar-refractivity contribution in [1.29, 1.82) is 0 Å². The summed E-state index contributed by atoms with van der Waals surface area (Å²) < 4.78 is 5.29. The molecule has 98 valence electrons. The summed E-state index contributed by atoms with van der Waals surface area (Å²) in [6.07, 6.45) is 1.61. The molecule has 0 spiro atoms. The zero-order chi connectivity index (χ0) is 13.2. The van der Waals surface area contributed by atoms with Gasteiger partial charge < -0.3 is 15.2 Å². The van der Waals surface area contributed by atoms with Crippen LogP contribution in [-0.2, 0) is 4.79 Å². The number of carbonyl (C=O) groups excluding carboxylic acids is 1. The van der Waals surface area contributed by atoms with Crippen molar-refractivity contribution in [3.05, 3.63) is 28.2 Å². The minimum absolute atomic E-state index is 0.0412. The summed E-state index contributed by atoms with van der Waals surface area (Å²) in [6, 6.07) is 4.79. The highest BCUT2D eigenvalue weighted by Gasteiger charge is 2.43. The third-order valence-electron chi connectivity index (χ3n) is 2.81. The third kappa shape index (κ3) is 3.28. The topological polar surface area (TPSA) is 58.6 Å². The molecule has 1 aromatic carbocycles. The predicted octanol–water partition coefficient (Wildman–Crippen LogP) is 2.01. The second kappa shape index (κ2) is 5.34. The first-order valence-corrected chi connectivity index (χ1v) is 6.30. The van der Waals surface area contributed by atoms with Gasteiger partial charge in [-0.1, -0.05) is 23.2 Å². The fraction of sp³-hybridized carbons (Fsp3) is 0.417. The number of ether oxygens (including phenoxy) is 1. The van der Waals surface area contributed by atoms with Crippen molar-refractivity contribution in [3.63, 3.8) is 0 Å². The van der Waals surface area contributed by atoms with Crippen LogP contribution >= 0.6 is 23.2 Å². The number of benzene rings is 1. The summed E-state index contributed by atoms with van der Waals surface area (Å²) in [7, 11) is 0. The molecule has 0 atom stereocenters. The Morgan fingerprint density at radius 1 is 1.44 bits per heavy atom. The van der Waals surface area contributed by atoms with E-state index >= 15 is 0 Å². The van der Waals surface area contributed by atoms with Gasteiger partial charge >= 0.3 is 0 Å². The number of halogens is 2. The minimum atomic E-state index is -0.426. The summed E-state index contributed by atoms with van der Waals surface area (Å²) in [6.45, 7) is -0.177. The molecule has 0 heterocycles. The van der Waals surface area contributed by atoms with Crippen LogP contribution in [0.2, 0.25) is 10.0 Å². The fourth-order valence-electron chi connectivity index (χ4n) is 1.54. The highest BCUT2D eigenvalue weighted by Crippen LogP contribution is 2.34. The van der Waals surface area contributed by atoms with E-state index in [2.05, 4.69) is 5.32 Å². The van der Waals surface area contributed by atoms with Gasteiger partial charge in [0.05, 0.1) is 17.2 Å². The molecule has 0 unspecified atom stereocenters. The van der Waals surface area contributed by atoms with Gasteiger partial charge in [-0.3, -0.25) is 4.79 Å². The summed E-state index contributed by atoms with van der Waals surface area (Å²) >= 11 is 11.7. The van der Waals surface area contributed by atoms with E-state index in [0.717, 1.165) is 12.8 Å². The molecule has 6 heteroatoms. The molecule has 0 aliphatic heterocycles. The largest absolute Gasteiger partial charge is 0.482 e. The molecule has 18 heavy (non-hydrogen) atoms. The normalized spacial score (nSPS) is 16.2. The third-order valence-corrected chi connectivity index (χ3v) is 3.34. The lowest BCUT2D eigenvalue weighted by Crippen LogP contribution is -2.42. The highest BCUT2D eigenvalue weighted by molar-refractivity contribution is 6.35. The van der Waals surface area contributed by atoms with Gasteiger partial charge in [0.1, 0.15) is 5.75 Å². The maximum Gasteiger partial charge on any atom is 0.258 e. The van der Waals surface area contributed by atoms with Gasteiger partial charge in [-0.25, -0.2) is 0 Å². The summed E-state index contributed by atoms with van der Waals surface area (Å²) in [5.74, 6) is 0.137. The van der Waals surface area contributed by atoms with Gasteiger partial charge in [0.2, 0.25) is 0 Å². The monoisotopic (exact) mass is 289 g/mol. The lowest BCUT2D eigenvalue weighted by Gasteiger charge is -2.14. The van der Waals surface area contributed by atoms with Crippen LogP contribution in [0.5, 0.6) is 5.75 Å². The number of aliphatic hydroxyl groups excluding tert-OH is 1. The number of nitrogens with one attached hydrogen (secondary N) is 1. The number of hydrogen-bond acceptors (Lipinski definition) is 3. The first-order chi connectivity index (χ1) is 8.54. The Morgan fingerprint density at radius 3 is 2.72 bits per heavy atom. The molecule has 2 rings (SSSR count). The van der Waals surface area contributed by atoms with Crippen molar-refractivity contribution in [3.8, 4) is 5.75 Å². The van der Waals surface area contributed by atoms with E-state index in [0.29, 0.717) is 15.8 Å². The fourth-order valence-corrected chi connectivity index (χ4v) is 2.00. The number of aliphatic hydroxyl groups is 1. The summed E-state index contributed by atoms with van der Waals surface area (Å²) in [5.41, 5.74) is -0.426. The lowest BCUT2D eigenvalue weighted by atomic mass is 10.3. The maximum absolute atomic E-state index is 11.6. The van der Waals surface area contributed by atoms with E-state index in [1.165, 1.54) is 0 Å². The van der Waals surface area contributed by atoms with Gasteiger partial charge in [0.25, 0.3) is 5.91 Å². The molecule has 4 nitrogen and oxygen atoms in total. The molecule has 1 fully saturated rings. The SMILES string of the molecule is O=C(COc1ccc(Cl)cc1Cl)NC1(CO)CC1. The first kappa shape index (κ1) is 13.5. The van der Waals surface area contributed by atoms with Crippen molar-refractivity contribution >= 4 is 29.1 Å². The lowest BCUT2D eigenvalue weighted by molar-refractivity contribution is -0.124. The van der Waals surface area contributed by atoms with Crippen LogP contribution in [0.4, 0.5) is 0 Å². The van der Waals surface area contributed by atoms with Crippen molar-refractivity contribution < 1.29 is 14.6 Å². The van der Waals surface area contributed by atoms with Crippen molar-refractivity contribution in [1.82, 2.24) is 5.32 Å². The van der Waals surface area contributed by atoms with Crippen molar-refractivity contribution in [2.75, 3.05) is 13.2 Å². The smallest absolute Gasteiger partial charge is 0.258 e. The summed E-state index contributed by atoms with van der Waals surface area (Å²) in [4.78, 5) is 11.6. The predicted molar refractivity (Wildman–Crippen MR) is 69.2 cm³/mol. The highest BCUT2D eigenvalue weighted by atomic mass is 35.5. The first-order valence-electron chi connectivity index (χ1n) is 5.54. The van der Waals surface area contributed by atoms with Crippen molar-refractivity contribution in [2.45, 2.75) is 18.4 Å². The van der Waals surface area contributed by atoms with Crippen LogP contribution in [0.1, 0.15) is 12.8 Å². The number of rotatable bonds is 5. The molecule has 1 amide bonds. The van der Waals surface area contributed by atoms with Crippen molar-refractivity contribution in [2.24, 2.45) is 0 Å². The standard InChI is InChI=1S/C12H13Cl2NO3/c13-8-1-2-10(9(14)5-8)18-6-11(17)15-12(7-16)3-4-12/h1-2,5,16H,3-4,6-7H2,(H,15,17). The Morgan fingerprint density at radius 2 is 2.17 bits per heavy atom. The molecule has 2 N–H and O–H groups in total. The molecule has 1 saturated carbocycles. The van der Waals surface area contributed by atoms with E-state index in [4.69, 9.17) is 33.0 Å². The Balaban J connectivity index is 1.85. The average Bonchev–Trinajstić information content (AvgIpc) is 3.08. The van der Waals surface area contributed by atoms with Crippen LogP contribution < -0.4 is 10.1 Å². The minimum Gasteiger partial charge on any atom is -0.482 e. The van der Waals surface area contributed by atoms with E-state index in [-0.39, 0.29) is 19.1 Å².